The van der Waals surface area contributed by atoms with Crippen molar-refractivity contribution < 1.29 is 0 Å². The number of hydrogen-bond donors (Lipinski definition) is 0. The van der Waals surface area contributed by atoms with Gasteiger partial charge in [0, 0.05) is 38.4 Å². The molecular weight excluding hydrogens is 683 g/mol. The number of rotatable bonds is 6. The maximum Gasteiger partial charge on any atom is 0.238 e. The highest BCUT2D eigenvalue weighted by molar-refractivity contribution is 6.11. The van der Waals surface area contributed by atoms with E-state index in [-0.39, 0.29) is 0 Å². The molecule has 3 heterocycles. The number of nitrogens with zero attached hydrogens (tertiary/aromatic N) is 5. The normalized spacial score (nSPS) is 11.6. The second-order valence-electron chi connectivity index (χ2n) is 14.1. The van der Waals surface area contributed by atoms with Crippen LogP contribution in [0.4, 0.5) is 0 Å². The van der Waals surface area contributed by atoms with Crippen LogP contribution >= 0.6 is 0 Å². The maximum absolute atomic E-state index is 5.12. The van der Waals surface area contributed by atoms with Crippen LogP contribution in [-0.4, -0.2) is 24.1 Å². The van der Waals surface area contributed by atoms with Crippen LogP contribution < -0.4 is 0 Å². The van der Waals surface area contributed by atoms with Crippen molar-refractivity contribution in [3.8, 4) is 56.7 Å². The van der Waals surface area contributed by atoms with E-state index in [9.17, 15) is 0 Å². The molecule has 0 saturated heterocycles. The molecule has 0 unspecified atom stereocenters. The quantitative estimate of drug-likeness (QED) is 0.172. The zero-order valence-electron chi connectivity index (χ0n) is 30.3. The summed E-state index contributed by atoms with van der Waals surface area (Å²) in [5, 5.41) is 4.79. The topological polar surface area (TPSA) is 48.5 Å². The van der Waals surface area contributed by atoms with Gasteiger partial charge in [0.15, 0.2) is 11.6 Å². The van der Waals surface area contributed by atoms with Gasteiger partial charge in [-0.05, 0) is 64.7 Å². The zero-order chi connectivity index (χ0) is 37.0. The fourth-order valence-corrected chi connectivity index (χ4v) is 8.13. The Hall–Kier alpha value is -7.63. The third-order valence-corrected chi connectivity index (χ3v) is 10.8. The van der Waals surface area contributed by atoms with Crippen molar-refractivity contribution in [3.05, 3.63) is 200 Å². The van der Waals surface area contributed by atoms with E-state index >= 15 is 0 Å². The average Bonchev–Trinajstić information content (AvgIpc) is 3.79. The first-order chi connectivity index (χ1) is 27.8. The maximum atomic E-state index is 5.12. The molecule has 262 valence electrons. The number of fused-ring (bicyclic) bond motifs is 6. The van der Waals surface area contributed by atoms with Crippen molar-refractivity contribution in [2.75, 3.05) is 0 Å². The Morgan fingerprint density at radius 2 is 0.714 bits per heavy atom. The van der Waals surface area contributed by atoms with Crippen LogP contribution in [0.25, 0.3) is 100 Å². The molecule has 3 aromatic heterocycles. The Balaban J connectivity index is 1.02. The molecular formula is C51H33N5. The Morgan fingerprint density at radius 3 is 1.34 bits per heavy atom. The summed E-state index contributed by atoms with van der Waals surface area (Å²) in [5.41, 5.74) is 12.2. The van der Waals surface area contributed by atoms with Crippen molar-refractivity contribution in [1.82, 2.24) is 24.1 Å². The Morgan fingerprint density at radius 1 is 0.268 bits per heavy atom. The Labute approximate surface area is 323 Å². The minimum Gasteiger partial charge on any atom is -0.309 e. The van der Waals surface area contributed by atoms with Crippen LogP contribution in [0, 0.1) is 0 Å². The van der Waals surface area contributed by atoms with Crippen LogP contribution in [0.3, 0.4) is 0 Å². The highest BCUT2D eigenvalue weighted by atomic mass is 15.2. The second-order valence-corrected chi connectivity index (χ2v) is 14.1. The van der Waals surface area contributed by atoms with Gasteiger partial charge in [0.25, 0.3) is 0 Å². The lowest BCUT2D eigenvalue weighted by Crippen LogP contribution is -2.06. The fourth-order valence-electron chi connectivity index (χ4n) is 8.13. The van der Waals surface area contributed by atoms with E-state index in [4.69, 9.17) is 15.0 Å². The van der Waals surface area contributed by atoms with Gasteiger partial charge < -0.3 is 4.57 Å². The van der Waals surface area contributed by atoms with Crippen LogP contribution in [0.2, 0.25) is 0 Å². The molecule has 0 aliphatic rings. The predicted octanol–water partition coefficient (Wildman–Crippen LogP) is 12.7. The molecule has 11 rings (SSSR count). The summed E-state index contributed by atoms with van der Waals surface area (Å²) in [5.74, 6) is 1.85. The second kappa shape index (κ2) is 13.0. The number of para-hydroxylation sites is 3. The summed E-state index contributed by atoms with van der Waals surface area (Å²) < 4.78 is 4.54. The van der Waals surface area contributed by atoms with Gasteiger partial charge in [-0.2, -0.15) is 9.97 Å². The lowest BCUT2D eigenvalue weighted by atomic mass is 9.98. The van der Waals surface area contributed by atoms with Gasteiger partial charge in [-0.25, -0.2) is 4.98 Å². The average molecular weight is 716 g/mol. The molecule has 0 N–H and O–H groups in total. The van der Waals surface area contributed by atoms with E-state index in [2.05, 4.69) is 149 Å². The molecule has 0 aliphatic carbocycles. The summed E-state index contributed by atoms with van der Waals surface area (Å²) >= 11 is 0. The van der Waals surface area contributed by atoms with Gasteiger partial charge in [-0.1, -0.05) is 158 Å². The Kier molecular flexibility index (Phi) is 7.42. The van der Waals surface area contributed by atoms with Crippen molar-refractivity contribution in [3.63, 3.8) is 0 Å². The largest absolute Gasteiger partial charge is 0.309 e. The van der Waals surface area contributed by atoms with Gasteiger partial charge in [0.05, 0.1) is 22.1 Å². The van der Waals surface area contributed by atoms with Gasteiger partial charge >= 0.3 is 0 Å². The molecule has 8 aromatic carbocycles. The SMILES string of the molecule is c1ccc(-c2nc(-c3ccccc3)nc(-n3c4ccccc4c4ccc(-c5ccc(-c6ccc7c(c6)c6ccccc6n7-c6ccccc6)cc5)cc43)n2)cc1. The number of hydrogen-bond acceptors (Lipinski definition) is 3. The monoisotopic (exact) mass is 715 g/mol. The first-order valence-electron chi connectivity index (χ1n) is 18.9. The van der Waals surface area contributed by atoms with Crippen molar-refractivity contribution in [2.24, 2.45) is 0 Å². The van der Waals surface area contributed by atoms with Crippen LogP contribution in [0.5, 0.6) is 0 Å². The predicted molar refractivity (Wildman–Crippen MR) is 230 cm³/mol. The van der Waals surface area contributed by atoms with E-state index in [1.165, 1.54) is 32.9 Å². The first kappa shape index (κ1) is 31.9. The highest BCUT2D eigenvalue weighted by Crippen LogP contribution is 2.37. The summed E-state index contributed by atoms with van der Waals surface area (Å²) in [6, 6.07) is 70.5. The lowest BCUT2D eigenvalue weighted by Gasteiger charge is -2.11. The molecule has 0 saturated carbocycles. The molecule has 11 aromatic rings. The Bertz CT molecular complexity index is 3160. The minimum atomic E-state index is 0.584. The standard InChI is InChI=1S/C51H33N5/c1-4-14-36(15-5-1)49-52-50(37-16-6-2-7-17-37)54-51(53-49)56-46-23-13-10-20-41(46)43-30-28-39(33-48(43)56)35-26-24-34(25-27-35)38-29-31-47-44(32-38)42-21-11-12-22-45(42)55(47)40-18-8-3-9-19-40/h1-33H. The summed E-state index contributed by atoms with van der Waals surface area (Å²) in [6.07, 6.45) is 0. The molecule has 5 heteroatoms. The van der Waals surface area contributed by atoms with E-state index < -0.39 is 0 Å². The summed E-state index contributed by atoms with van der Waals surface area (Å²) in [4.78, 5) is 15.2. The zero-order valence-corrected chi connectivity index (χ0v) is 30.3. The van der Waals surface area contributed by atoms with Gasteiger partial charge in [-0.3, -0.25) is 4.57 Å². The molecule has 0 amide bonds. The molecule has 0 aliphatic heterocycles. The molecule has 5 nitrogen and oxygen atoms in total. The van der Waals surface area contributed by atoms with Crippen molar-refractivity contribution in [1.29, 1.82) is 0 Å². The molecule has 0 atom stereocenters. The van der Waals surface area contributed by atoms with Gasteiger partial charge in [0.2, 0.25) is 5.95 Å². The third kappa shape index (κ3) is 5.29. The van der Waals surface area contributed by atoms with Gasteiger partial charge in [0.1, 0.15) is 0 Å². The van der Waals surface area contributed by atoms with Crippen molar-refractivity contribution in [2.45, 2.75) is 0 Å². The van der Waals surface area contributed by atoms with E-state index in [0.29, 0.717) is 17.6 Å². The molecule has 0 fully saturated rings. The summed E-state index contributed by atoms with van der Waals surface area (Å²) in [6.45, 7) is 0. The highest BCUT2D eigenvalue weighted by Gasteiger charge is 2.19. The van der Waals surface area contributed by atoms with Crippen molar-refractivity contribution >= 4 is 43.6 Å². The molecule has 0 spiro atoms. The van der Waals surface area contributed by atoms with Gasteiger partial charge in [-0.15, -0.1) is 0 Å². The van der Waals surface area contributed by atoms with E-state index in [1.807, 2.05) is 60.7 Å². The molecule has 56 heavy (non-hydrogen) atoms. The molecule has 0 radical (unpaired) electrons. The minimum absolute atomic E-state index is 0.584. The van der Waals surface area contributed by atoms with E-state index in [1.54, 1.807) is 0 Å². The van der Waals surface area contributed by atoms with Crippen LogP contribution in [0.1, 0.15) is 0 Å². The first-order valence-corrected chi connectivity index (χ1v) is 18.9. The number of aromatic nitrogens is 5. The fraction of sp³-hybridized carbons (Fsp3) is 0. The lowest BCUT2D eigenvalue weighted by molar-refractivity contribution is 0.953. The smallest absolute Gasteiger partial charge is 0.238 e. The molecule has 0 bridgehead atoms. The number of benzene rings is 8. The van der Waals surface area contributed by atoms with Crippen LogP contribution in [-0.2, 0) is 0 Å². The van der Waals surface area contributed by atoms with E-state index in [0.717, 1.165) is 49.7 Å². The van der Waals surface area contributed by atoms with Crippen LogP contribution in [0.15, 0.2) is 200 Å². The summed E-state index contributed by atoms with van der Waals surface area (Å²) in [7, 11) is 0. The third-order valence-electron chi connectivity index (χ3n) is 10.8.